The van der Waals surface area contributed by atoms with Crippen molar-refractivity contribution in [2.75, 3.05) is 11.9 Å². The van der Waals surface area contributed by atoms with Gasteiger partial charge in [-0.15, -0.1) is 0 Å². The number of fused-ring (bicyclic) bond motifs is 1. The van der Waals surface area contributed by atoms with E-state index >= 15 is 0 Å². The summed E-state index contributed by atoms with van der Waals surface area (Å²) in [7, 11) is 0. The standard InChI is InChI=1S/C25H20ClFN2O3S/c26-22-20-11-10-19(29-25(33)28-15-17-6-8-18(27)9-7-17)14-21(20)23(30)32-24(22)31-13-12-16-4-2-1-3-5-16/h1-11,14H,12-13,15H2,(H2,28,29,33). The molecule has 0 saturated heterocycles. The van der Waals surface area contributed by atoms with Crippen LogP contribution in [0.15, 0.2) is 82.0 Å². The third-order valence-electron chi connectivity index (χ3n) is 4.93. The van der Waals surface area contributed by atoms with E-state index in [4.69, 9.17) is 33.0 Å². The molecule has 5 nitrogen and oxygen atoms in total. The number of hydrogen-bond acceptors (Lipinski definition) is 4. The van der Waals surface area contributed by atoms with Crippen molar-refractivity contribution < 1.29 is 13.5 Å². The molecule has 4 rings (SSSR count). The van der Waals surface area contributed by atoms with Gasteiger partial charge in [0.2, 0.25) is 0 Å². The van der Waals surface area contributed by atoms with Crippen molar-refractivity contribution in [1.82, 2.24) is 5.32 Å². The third kappa shape index (κ3) is 5.88. The molecule has 0 atom stereocenters. The van der Waals surface area contributed by atoms with E-state index in [1.807, 2.05) is 30.3 Å². The van der Waals surface area contributed by atoms with Gasteiger partial charge in [-0.2, -0.15) is 0 Å². The van der Waals surface area contributed by atoms with Gasteiger partial charge in [0.25, 0.3) is 0 Å². The van der Waals surface area contributed by atoms with Crippen LogP contribution >= 0.6 is 23.8 Å². The first-order chi connectivity index (χ1) is 16.0. The first-order valence-corrected chi connectivity index (χ1v) is 11.0. The van der Waals surface area contributed by atoms with Gasteiger partial charge in [-0.3, -0.25) is 0 Å². The molecule has 33 heavy (non-hydrogen) atoms. The van der Waals surface area contributed by atoms with Gasteiger partial charge in [0.15, 0.2) is 5.11 Å². The van der Waals surface area contributed by atoms with Crippen molar-refractivity contribution in [2.24, 2.45) is 0 Å². The van der Waals surface area contributed by atoms with Crippen LogP contribution in [0.3, 0.4) is 0 Å². The van der Waals surface area contributed by atoms with Crippen LogP contribution in [0.4, 0.5) is 10.1 Å². The highest BCUT2D eigenvalue weighted by Crippen LogP contribution is 2.32. The second kappa shape index (κ2) is 10.5. The molecular weight excluding hydrogens is 463 g/mol. The first kappa shape index (κ1) is 22.8. The fourth-order valence-electron chi connectivity index (χ4n) is 3.24. The van der Waals surface area contributed by atoms with Gasteiger partial charge in [0.05, 0.1) is 12.0 Å². The zero-order valence-electron chi connectivity index (χ0n) is 17.4. The average Bonchev–Trinajstić information content (AvgIpc) is 2.82. The minimum Gasteiger partial charge on any atom is -0.464 e. The van der Waals surface area contributed by atoms with Gasteiger partial charge >= 0.3 is 11.6 Å². The third-order valence-corrected chi connectivity index (χ3v) is 5.54. The lowest BCUT2D eigenvalue weighted by atomic mass is 10.1. The van der Waals surface area contributed by atoms with E-state index in [1.54, 1.807) is 30.3 Å². The largest absolute Gasteiger partial charge is 0.464 e. The summed E-state index contributed by atoms with van der Waals surface area (Å²) in [6.45, 7) is 0.753. The normalized spacial score (nSPS) is 10.7. The Bertz CT molecular complexity index is 1330. The summed E-state index contributed by atoms with van der Waals surface area (Å²) in [4.78, 5) is 12.5. The molecule has 0 aliphatic carbocycles. The number of halogens is 2. The van der Waals surface area contributed by atoms with Crippen LogP contribution < -0.4 is 21.0 Å². The monoisotopic (exact) mass is 482 g/mol. The van der Waals surface area contributed by atoms with Gasteiger partial charge in [0.1, 0.15) is 10.8 Å². The van der Waals surface area contributed by atoms with Gasteiger partial charge in [-0.05, 0) is 47.6 Å². The van der Waals surface area contributed by atoms with Crippen molar-refractivity contribution in [3.8, 4) is 5.95 Å². The highest BCUT2D eigenvalue weighted by molar-refractivity contribution is 7.80. The summed E-state index contributed by atoms with van der Waals surface area (Å²) in [5, 5.41) is 7.48. The van der Waals surface area contributed by atoms with E-state index in [2.05, 4.69) is 10.6 Å². The molecule has 4 aromatic rings. The molecule has 0 amide bonds. The summed E-state index contributed by atoms with van der Waals surface area (Å²) < 4.78 is 24.0. The fraction of sp³-hybridized carbons (Fsp3) is 0.120. The maximum absolute atomic E-state index is 13.0. The predicted molar refractivity (Wildman–Crippen MR) is 133 cm³/mol. The molecule has 3 aromatic carbocycles. The SMILES string of the molecule is O=c1oc(OCCc2ccccc2)c(Cl)c2ccc(NC(=S)NCc3ccc(F)cc3)cc12. The number of hydrogen-bond donors (Lipinski definition) is 2. The highest BCUT2D eigenvalue weighted by atomic mass is 35.5. The van der Waals surface area contributed by atoms with Crippen molar-refractivity contribution in [2.45, 2.75) is 13.0 Å². The number of anilines is 1. The lowest BCUT2D eigenvalue weighted by molar-refractivity contribution is 0.235. The second-order valence-electron chi connectivity index (χ2n) is 7.27. The molecule has 2 N–H and O–H groups in total. The maximum atomic E-state index is 13.0. The zero-order valence-corrected chi connectivity index (χ0v) is 19.0. The Morgan fingerprint density at radius 2 is 1.76 bits per heavy atom. The molecule has 0 bridgehead atoms. The molecule has 8 heteroatoms. The van der Waals surface area contributed by atoms with Crippen molar-refractivity contribution in [3.63, 3.8) is 0 Å². The topological polar surface area (TPSA) is 63.5 Å². The number of nitrogens with one attached hydrogen (secondary N) is 2. The van der Waals surface area contributed by atoms with Crippen molar-refractivity contribution >= 4 is 45.4 Å². The Labute approximate surface area is 200 Å². The lowest BCUT2D eigenvalue weighted by Gasteiger charge is -2.12. The van der Waals surface area contributed by atoms with E-state index < -0.39 is 5.63 Å². The van der Waals surface area contributed by atoms with E-state index in [-0.39, 0.29) is 16.8 Å². The summed E-state index contributed by atoms with van der Waals surface area (Å²) in [5.74, 6) is -0.292. The Morgan fingerprint density at radius 3 is 2.52 bits per heavy atom. The molecule has 0 unspecified atom stereocenters. The van der Waals surface area contributed by atoms with Crippen LogP contribution in [-0.2, 0) is 13.0 Å². The Kier molecular flexibility index (Phi) is 7.22. The van der Waals surface area contributed by atoms with Gasteiger partial charge in [-0.25, -0.2) is 9.18 Å². The molecular formula is C25H20ClFN2O3S. The maximum Gasteiger partial charge on any atom is 0.346 e. The molecule has 1 heterocycles. The minimum atomic E-state index is -0.557. The molecule has 0 aliphatic heterocycles. The van der Waals surface area contributed by atoms with Crippen LogP contribution in [0.25, 0.3) is 10.8 Å². The molecule has 0 saturated carbocycles. The van der Waals surface area contributed by atoms with E-state index in [0.717, 1.165) is 11.1 Å². The highest BCUT2D eigenvalue weighted by Gasteiger charge is 2.14. The summed E-state index contributed by atoms with van der Waals surface area (Å²) in [6.07, 6.45) is 0.657. The van der Waals surface area contributed by atoms with E-state index in [1.165, 1.54) is 12.1 Å². The van der Waals surface area contributed by atoms with Crippen LogP contribution in [-0.4, -0.2) is 11.7 Å². The quantitative estimate of drug-likeness (QED) is 0.330. The van der Waals surface area contributed by atoms with Crippen LogP contribution in [0, 0.1) is 5.82 Å². The molecule has 0 fully saturated rings. The van der Waals surface area contributed by atoms with Gasteiger partial charge in [-0.1, -0.05) is 60.1 Å². The number of benzene rings is 3. The molecule has 0 spiro atoms. The Hall–Kier alpha value is -3.42. The van der Waals surface area contributed by atoms with Gasteiger partial charge in [0, 0.05) is 24.0 Å². The summed E-state index contributed by atoms with van der Waals surface area (Å²) in [5.41, 5.74) is 2.03. The fourth-order valence-corrected chi connectivity index (χ4v) is 3.68. The predicted octanol–water partition coefficient (Wildman–Crippen LogP) is 5.69. The van der Waals surface area contributed by atoms with Gasteiger partial charge < -0.3 is 19.8 Å². The summed E-state index contributed by atoms with van der Waals surface area (Å²) >= 11 is 11.7. The second-order valence-corrected chi connectivity index (χ2v) is 8.06. The average molecular weight is 483 g/mol. The lowest BCUT2D eigenvalue weighted by Crippen LogP contribution is -2.27. The van der Waals surface area contributed by atoms with Crippen molar-refractivity contribution in [1.29, 1.82) is 0 Å². The molecule has 0 radical (unpaired) electrons. The van der Waals surface area contributed by atoms with Crippen LogP contribution in [0.1, 0.15) is 11.1 Å². The summed E-state index contributed by atoms with van der Waals surface area (Å²) in [6, 6.07) is 21.1. The van der Waals surface area contributed by atoms with Crippen molar-refractivity contribution in [3.05, 3.63) is 105 Å². The van der Waals surface area contributed by atoms with E-state index in [9.17, 15) is 9.18 Å². The molecule has 0 aliphatic rings. The number of ether oxygens (including phenoxy) is 1. The molecule has 168 valence electrons. The molecule has 1 aromatic heterocycles. The van der Waals surface area contributed by atoms with Crippen LogP contribution in [0.5, 0.6) is 5.95 Å². The zero-order chi connectivity index (χ0) is 23.2. The van der Waals surface area contributed by atoms with E-state index in [0.29, 0.717) is 41.1 Å². The number of thiocarbonyl (C=S) groups is 1. The van der Waals surface area contributed by atoms with Crippen LogP contribution in [0.2, 0.25) is 5.02 Å². The minimum absolute atomic E-state index is 0.00212. The number of rotatable bonds is 7. The Morgan fingerprint density at radius 1 is 1.00 bits per heavy atom. The smallest absolute Gasteiger partial charge is 0.346 e. The first-order valence-electron chi connectivity index (χ1n) is 10.2. The Balaban J connectivity index is 1.42.